The maximum Gasteiger partial charge on any atom is 0.339 e. The number of anilines is 2. The second kappa shape index (κ2) is 5.96. The van der Waals surface area contributed by atoms with E-state index in [2.05, 4.69) is 10.3 Å². The van der Waals surface area contributed by atoms with Gasteiger partial charge in [0, 0.05) is 17.6 Å². The SMILES string of the molecule is O=C(O)c1ccccc1Nc1c(C(=O)O)cnc2cc(F)ccc12. The normalized spacial score (nSPS) is 10.5. The molecule has 1 aromatic heterocycles. The van der Waals surface area contributed by atoms with Crippen molar-refractivity contribution in [2.24, 2.45) is 0 Å². The van der Waals surface area contributed by atoms with Crippen LogP contribution in [0.1, 0.15) is 20.7 Å². The maximum absolute atomic E-state index is 13.4. The lowest BCUT2D eigenvalue weighted by atomic mass is 10.1. The summed E-state index contributed by atoms with van der Waals surface area (Å²) >= 11 is 0. The van der Waals surface area contributed by atoms with E-state index in [-0.39, 0.29) is 28.0 Å². The van der Waals surface area contributed by atoms with Gasteiger partial charge in [-0.1, -0.05) is 12.1 Å². The first-order valence-corrected chi connectivity index (χ1v) is 6.88. The molecule has 0 aliphatic rings. The Labute approximate surface area is 135 Å². The third kappa shape index (κ3) is 2.74. The minimum atomic E-state index is -1.23. The summed E-state index contributed by atoms with van der Waals surface area (Å²) < 4.78 is 13.4. The molecule has 0 spiro atoms. The number of rotatable bonds is 4. The van der Waals surface area contributed by atoms with E-state index in [9.17, 15) is 24.2 Å². The lowest BCUT2D eigenvalue weighted by molar-refractivity contribution is 0.0687. The number of carboxylic acids is 2. The Balaban J connectivity index is 2.23. The van der Waals surface area contributed by atoms with Crippen LogP contribution in [0.15, 0.2) is 48.7 Å². The van der Waals surface area contributed by atoms with Crippen molar-refractivity contribution in [3.63, 3.8) is 0 Å². The van der Waals surface area contributed by atoms with Crippen LogP contribution in [0.4, 0.5) is 15.8 Å². The van der Waals surface area contributed by atoms with Gasteiger partial charge in [-0.2, -0.15) is 0 Å². The summed E-state index contributed by atoms with van der Waals surface area (Å²) in [6, 6.07) is 9.86. The van der Waals surface area contributed by atoms with Gasteiger partial charge in [-0.15, -0.1) is 0 Å². The highest BCUT2D eigenvalue weighted by Gasteiger charge is 2.17. The Morgan fingerprint density at radius 3 is 2.42 bits per heavy atom. The fraction of sp³-hybridized carbons (Fsp3) is 0. The summed E-state index contributed by atoms with van der Waals surface area (Å²) in [4.78, 5) is 26.7. The van der Waals surface area contributed by atoms with Crippen LogP contribution in [0.3, 0.4) is 0 Å². The number of para-hydroxylation sites is 1. The summed E-state index contributed by atoms with van der Waals surface area (Å²) in [6.45, 7) is 0. The number of hydrogen-bond donors (Lipinski definition) is 3. The molecule has 3 rings (SSSR count). The molecule has 0 aliphatic heterocycles. The summed E-state index contributed by atoms with van der Waals surface area (Å²) in [7, 11) is 0. The van der Waals surface area contributed by atoms with Gasteiger partial charge in [0.1, 0.15) is 11.4 Å². The molecule has 3 N–H and O–H groups in total. The lowest BCUT2D eigenvalue weighted by Crippen LogP contribution is -2.07. The third-order valence-corrected chi connectivity index (χ3v) is 3.48. The molecule has 3 aromatic rings. The molecule has 2 aromatic carbocycles. The Hall–Kier alpha value is -3.48. The van der Waals surface area contributed by atoms with E-state index in [1.54, 1.807) is 12.1 Å². The number of nitrogens with zero attached hydrogens (tertiary/aromatic N) is 1. The smallest absolute Gasteiger partial charge is 0.339 e. The van der Waals surface area contributed by atoms with Crippen molar-refractivity contribution >= 4 is 34.2 Å². The standard InChI is InChI=1S/C17H11FN2O4/c18-9-5-6-10-14(7-9)19-8-12(17(23)24)15(10)20-13-4-2-1-3-11(13)16(21)22/h1-8H,(H,19,20)(H,21,22)(H,23,24). The van der Waals surface area contributed by atoms with Crippen LogP contribution < -0.4 is 5.32 Å². The van der Waals surface area contributed by atoms with Crippen molar-refractivity contribution in [3.05, 3.63) is 65.6 Å². The van der Waals surface area contributed by atoms with Gasteiger partial charge in [0.05, 0.1) is 22.5 Å². The largest absolute Gasteiger partial charge is 0.478 e. The zero-order valence-corrected chi connectivity index (χ0v) is 12.2. The molecule has 0 aliphatic carbocycles. The molecule has 0 unspecified atom stereocenters. The lowest BCUT2D eigenvalue weighted by Gasteiger charge is -2.14. The summed E-state index contributed by atoms with van der Waals surface area (Å²) in [5.41, 5.74) is 0.482. The topological polar surface area (TPSA) is 99.5 Å². The van der Waals surface area contributed by atoms with Gasteiger partial charge >= 0.3 is 11.9 Å². The van der Waals surface area contributed by atoms with Gasteiger partial charge in [-0.05, 0) is 24.3 Å². The first kappa shape index (κ1) is 15.4. The van der Waals surface area contributed by atoms with E-state index < -0.39 is 17.8 Å². The molecule has 0 fully saturated rings. The van der Waals surface area contributed by atoms with Crippen molar-refractivity contribution in [2.45, 2.75) is 0 Å². The minimum absolute atomic E-state index is 0.0130. The van der Waals surface area contributed by atoms with Crippen LogP contribution in [-0.2, 0) is 0 Å². The van der Waals surface area contributed by atoms with Gasteiger partial charge in [0.15, 0.2) is 0 Å². The number of nitrogens with one attached hydrogen (secondary N) is 1. The predicted molar refractivity (Wildman–Crippen MR) is 85.3 cm³/mol. The van der Waals surface area contributed by atoms with E-state index in [1.807, 2.05) is 0 Å². The quantitative estimate of drug-likeness (QED) is 0.678. The molecule has 6 nitrogen and oxygen atoms in total. The van der Waals surface area contributed by atoms with Gasteiger partial charge in [0.2, 0.25) is 0 Å². The second-order valence-corrected chi connectivity index (χ2v) is 4.99. The van der Waals surface area contributed by atoms with E-state index in [4.69, 9.17) is 0 Å². The van der Waals surface area contributed by atoms with Crippen LogP contribution in [-0.4, -0.2) is 27.1 Å². The average Bonchev–Trinajstić information content (AvgIpc) is 2.54. The van der Waals surface area contributed by atoms with Crippen LogP contribution in [0.2, 0.25) is 0 Å². The molecular formula is C17H11FN2O4. The molecule has 0 saturated carbocycles. The third-order valence-electron chi connectivity index (χ3n) is 3.48. The number of carboxylic acid groups (broad SMARTS) is 2. The number of halogens is 1. The van der Waals surface area contributed by atoms with Crippen molar-refractivity contribution in [3.8, 4) is 0 Å². The number of aromatic nitrogens is 1. The van der Waals surface area contributed by atoms with Crippen molar-refractivity contribution in [1.82, 2.24) is 4.98 Å². The van der Waals surface area contributed by atoms with E-state index in [0.29, 0.717) is 5.39 Å². The first-order chi connectivity index (χ1) is 11.5. The Morgan fingerprint density at radius 2 is 1.71 bits per heavy atom. The van der Waals surface area contributed by atoms with Crippen molar-refractivity contribution < 1.29 is 24.2 Å². The van der Waals surface area contributed by atoms with Crippen LogP contribution >= 0.6 is 0 Å². The van der Waals surface area contributed by atoms with E-state index >= 15 is 0 Å². The maximum atomic E-state index is 13.4. The molecule has 120 valence electrons. The number of carbonyl (C=O) groups is 2. The number of benzene rings is 2. The highest BCUT2D eigenvalue weighted by molar-refractivity contribution is 6.06. The number of fused-ring (bicyclic) bond motifs is 1. The number of aromatic carboxylic acids is 2. The summed E-state index contributed by atoms with van der Waals surface area (Å²) in [5, 5.41) is 21.8. The molecule has 0 radical (unpaired) electrons. The van der Waals surface area contributed by atoms with Gasteiger partial charge in [-0.25, -0.2) is 14.0 Å². The van der Waals surface area contributed by atoms with E-state index in [1.165, 1.54) is 30.3 Å². The van der Waals surface area contributed by atoms with Gasteiger partial charge in [0.25, 0.3) is 0 Å². The highest BCUT2D eigenvalue weighted by atomic mass is 19.1. The fourth-order valence-electron chi connectivity index (χ4n) is 2.38. The first-order valence-electron chi connectivity index (χ1n) is 6.88. The second-order valence-electron chi connectivity index (χ2n) is 4.99. The fourth-order valence-corrected chi connectivity index (χ4v) is 2.38. The van der Waals surface area contributed by atoms with E-state index in [0.717, 1.165) is 6.20 Å². The monoisotopic (exact) mass is 326 g/mol. The molecule has 7 heteroatoms. The molecule has 0 saturated heterocycles. The van der Waals surface area contributed by atoms with Gasteiger partial charge in [-0.3, -0.25) is 4.98 Å². The predicted octanol–water partition coefficient (Wildman–Crippen LogP) is 3.51. The Morgan fingerprint density at radius 1 is 1.00 bits per heavy atom. The Bertz CT molecular complexity index is 972. The number of hydrogen-bond acceptors (Lipinski definition) is 4. The minimum Gasteiger partial charge on any atom is -0.478 e. The highest BCUT2D eigenvalue weighted by Crippen LogP contribution is 2.31. The zero-order chi connectivity index (χ0) is 17.3. The molecule has 0 atom stereocenters. The summed E-state index contributed by atoms with van der Waals surface area (Å²) in [5.74, 6) is -2.89. The van der Waals surface area contributed by atoms with Crippen LogP contribution in [0.25, 0.3) is 10.9 Å². The van der Waals surface area contributed by atoms with Crippen molar-refractivity contribution in [1.29, 1.82) is 0 Å². The van der Waals surface area contributed by atoms with Crippen molar-refractivity contribution in [2.75, 3.05) is 5.32 Å². The molecular weight excluding hydrogens is 315 g/mol. The van der Waals surface area contributed by atoms with Gasteiger partial charge < -0.3 is 15.5 Å². The average molecular weight is 326 g/mol. The molecule has 0 amide bonds. The number of pyridine rings is 1. The van der Waals surface area contributed by atoms with Crippen LogP contribution in [0.5, 0.6) is 0 Å². The molecule has 0 bridgehead atoms. The molecule has 1 heterocycles. The molecule has 24 heavy (non-hydrogen) atoms. The summed E-state index contributed by atoms with van der Waals surface area (Å²) in [6.07, 6.45) is 1.11. The van der Waals surface area contributed by atoms with Crippen LogP contribution in [0, 0.1) is 5.82 Å². The Kier molecular flexibility index (Phi) is 3.83. The zero-order valence-electron chi connectivity index (χ0n) is 12.2.